The van der Waals surface area contributed by atoms with Crippen molar-refractivity contribution in [3.8, 4) is 5.75 Å². The minimum absolute atomic E-state index is 0.199. The molecule has 0 radical (unpaired) electrons. The number of ether oxygens (including phenoxy) is 3. The Morgan fingerprint density at radius 2 is 1.86 bits per heavy atom. The van der Waals surface area contributed by atoms with Gasteiger partial charge < -0.3 is 19.1 Å². The number of methoxy groups -OCH3 is 1. The number of fused-ring (bicyclic) bond motifs is 2. The molecule has 0 saturated carbocycles. The summed E-state index contributed by atoms with van der Waals surface area (Å²) in [4.78, 5) is 26.3. The molecule has 0 unspecified atom stereocenters. The van der Waals surface area contributed by atoms with Gasteiger partial charge in [0.2, 0.25) is 0 Å². The molecule has 198 valence electrons. The van der Waals surface area contributed by atoms with Crippen molar-refractivity contribution in [2.45, 2.75) is 45.1 Å². The zero-order valence-corrected chi connectivity index (χ0v) is 23.9. The Morgan fingerprint density at radius 3 is 2.57 bits per heavy atom. The molecule has 0 aromatic heterocycles. The quantitative estimate of drug-likeness (QED) is 0.231. The first kappa shape index (κ1) is 28.4. The Bertz CT molecular complexity index is 1180. The summed E-state index contributed by atoms with van der Waals surface area (Å²) in [5.41, 5.74) is 5.91. The minimum atomic E-state index is -1.25. The van der Waals surface area contributed by atoms with Gasteiger partial charge in [0, 0.05) is 26.3 Å². The summed E-state index contributed by atoms with van der Waals surface area (Å²) in [6.45, 7) is 8.58. The summed E-state index contributed by atoms with van der Waals surface area (Å²) >= 11 is 0. The van der Waals surface area contributed by atoms with Crippen molar-refractivity contribution in [1.29, 1.82) is 0 Å². The number of hydrogen-bond acceptors (Lipinski definition) is 6. The monoisotopic (exact) mass is 521 g/mol. The van der Waals surface area contributed by atoms with Crippen LogP contribution in [0.3, 0.4) is 0 Å². The highest BCUT2D eigenvalue weighted by molar-refractivity contribution is 6.76. The predicted molar refractivity (Wildman–Crippen MR) is 151 cm³/mol. The fourth-order valence-corrected chi connectivity index (χ4v) is 4.71. The molecule has 2 aromatic carbocycles. The van der Waals surface area contributed by atoms with Crippen molar-refractivity contribution in [2.75, 3.05) is 34.4 Å². The molecule has 6 nitrogen and oxygen atoms in total. The topological polar surface area (TPSA) is 65.1 Å². The van der Waals surface area contributed by atoms with Crippen molar-refractivity contribution in [3.63, 3.8) is 0 Å². The van der Waals surface area contributed by atoms with Gasteiger partial charge in [0.25, 0.3) is 0 Å². The maximum Gasteiger partial charge on any atom is 0.330 e. The van der Waals surface area contributed by atoms with Crippen molar-refractivity contribution in [1.82, 2.24) is 4.90 Å². The lowest BCUT2D eigenvalue weighted by atomic mass is 9.90. The van der Waals surface area contributed by atoms with Gasteiger partial charge in [0.1, 0.15) is 12.4 Å². The molecule has 0 aliphatic carbocycles. The fraction of sp³-hybridized carbons (Fsp3) is 0.400. The van der Waals surface area contributed by atoms with Crippen LogP contribution in [0.15, 0.2) is 48.6 Å². The van der Waals surface area contributed by atoms with Crippen molar-refractivity contribution in [3.05, 3.63) is 76.4 Å². The Hall–Kier alpha value is -3.16. The predicted octanol–water partition coefficient (Wildman–Crippen LogP) is 5.57. The third kappa shape index (κ3) is 8.72. The third-order valence-electron chi connectivity index (χ3n) is 6.15. The van der Waals surface area contributed by atoms with Gasteiger partial charge in [-0.3, -0.25) is 4.79 Å². The van der Waals surface area contributed by atoms with Gasteiger partial charge in [-0.05, 0) is 78.7 Å². The highest BCUT2D eigenvalue weighted by Gasteiger charge is 2.21. The zero-order valence-electron chi connectivity index (χ0n) is 22.9. The van der Waals surface area contributed by atoms with E-state index in [1.807, 2.05) is 30.3 Å². The van der Waals surface area contributed by atoms with Crippen molar-refractivity contribution >= 4 is 31.7 Å². The van der Waals surface area contributed by atoms with Gasteiger partial charge in [0.05, 0.1) is 20.1 Å². The highest BCUT2D eigenvalue weighted by atomic mass is 28.3. The van der Waals surface area contributed by atoms with Gasteiger partial charge in [-0.1, -0.05) is 43.9 Å². The molecule has 0 saturated heterocycles. The average molecular weight is 522 g/mol. The standard InChI is InChI=1S/C30H39NO5Si/c1-31(2)15-7-8-25-26-18-22(11-14-29(32)35-16-17-37(4,5)6)9-12-24(26)21-36-28-13-10-23(19-27(25)28)20-30(33)34-3/h8-14,18-19H,7,15-17,20-21H2,1-6H3/b14-11+,25-8-. The first-order valence-corrected chi connectivity index (χ1v) is 16.4. The molecule has 1 heterocycles. The second kappa shape index (κ2) is 12.9. The van der Waals surface area contributed by atoms with Crippen LogP contribution in [0.5, 0.6) is 5.75 Å². The van der Waals surface area contributed by atoms with Crippen LogP contribution in [-0.2, 0) is 32.1 Å². The number of hydrogen-bond donors (Lipinski definition) is 0. The van der Waals surface area contributed by atoms with Crippen LogP contribution in [0.25, 0.3) is 11.6 Å². The summed E-state index contributed by atoms with van der Waals surface area (Å²) in [6.07, 6.45) is 6.58. The van der Waals surface area contributed by atoms with E-state index in [9.17, 15) is 9.59 Å². The molecular formula is C30H39NO5Si. The van der Waals surface area contributed by atoms with Gasteiger partial charge in [-0.15, -0.1) is 0 Å². The van der Waals surface area contributed by atoms with Gasteiger partial charge >= 0.3 is 11.9 Å². The molecule has 7 heteroatoms. The molecule has 2 aromatic rings. The van der Waals surface area contributed by atoms with Crippen LogP contribution in [0.2, 0.25) is 25.7 Å². The van der Waals surface area contributed by atoms with E-state index in [0.717, 1.165) is 58.1 Å². The molecule has 0 bridgehead atoms. The van der Waals surface area contributed by atoms with Crippen LogP contribution in [0.4, 0.5) is 0 Å². The molecule has 0 fully saturated rings. The molecule has 0 N–H and O–H groups in total. The maximum atomic E-state index is 12.3. The van der Waals surface area contributed by atoms with Gasteiger partial charge in [-0.25, -0.2) is 4.79 Å². The number of rotatable bonds is 10. The first-order chi connectivity index (χ1) is 17.6. The summed E-state index contributed by atoms with van der Waals surface area (Å²) < 4.78 is 16.4. The molecule has 0 amide bonds. The largest absolute Gasteiger partial charge is 0.488 e. The molecule has 0 spiro atoms. The number of nitrogens with zero attached hydrogens (tertiary/aromatic N) is 1. The Kier molecular flexibility index (Phi) is 9.89. The van der Waals surface area contributed by atoms with E-state index in [1.165, 1.54) is 13.2 Å². The molecule has 3 rings (SSSR count). The van der Waals surface area contributed by atoms with Crippen LogP contribution in [0, 0.1) is 0 Å². The summed E-state index contributed by atoms with van der Waals surface area (Å²) in [7, 11) is 4.25. The number of esters is 2. The normalized spacial score (nSPS) is 14.2. The van der Waals surface area contributed by atoms with E-state index >= 15 is 0 Å². The van der Waals surface area contributed by atoms with E-state index in [4.69, 9.17) is 14.2 Å². The molecule has 37 heavy (non-hydrogen) atoms. The molecule has 0 atom stereocenters. The molecular weight excluding hydrogens is 482 g/mol. The van der Waals surface area contributed by atoms with Crippen LogP contribution in [-0.4, -0.2) is 59.3 Å². The first-order valence-electron chi connectivity index (χ1n) is 12.7. The number of carbonyl (C=O) groups is 2. The van der Waals surface area contributed by atoms with Crippen molar-refractivity contribution < 1.29 is 23.8 Å². The Balaban J connectivity index is 1.93. The van der Waals surface area contributed by atoms with Crippen molar-refractivity contribution in [2.24, 2.45) is 0 Å². The third-order valence-corrected chi connectivity index (χ3v) is 7.85. The van der Waals surface area contributed by atoms with Crippen LogP contribution in [0.1, 0.15) is 34.2 Å². The van der Waals surface area contributed by atoms with E-state index < -0.39 is 8.07 Å². The van der Waals surface area contributed by atoms with Crippen LogP contribution < -0.4 is 4.74 Å². The Labute approximate surface area is 221 Å². The summed E-state index contributed by atoms with van der Waals surface area (Å²) in [5, 5.41) is 0. The van der Waals surface area contributed by atoms with Crippen LogP contribution >= 0.6 is 0 Å². The summed E-state index contributed by atoms with van der Waals surface area (Å²) in [6, 6.07) is 12.9. The minimum Gasteiger partial charge on any atom is -0.488 e. The van der Waals surface area contributed by atoms with Gasteiger partial charge in [-0.2, -0.15) is 0 Å². The highest BCUT2D eigenvalue weighted by Crippen LogP contribution is 2.38. The molecule has 1 aliphatic heterocycles. The maximum absolute atomic E-state index is 12.3. The van der Waals surface area contributed by atoms with E-state index in [1.54, 1.807) is 6.08 Å². The lowest BCUT2D eigenvalue weighted by Gasteiger charge is -2.14. The van der Waals surface area contributed by atoms with E-state index in [2.05, 4.69) is 50.8 Å². The number of carbonyl (C=O) groups excluding carboxylic acids is 2. The lowest BCUT2D eigenvalue weighted by molar-refractivity contribution is -0.140. The smallest absolute Gasteiger partial charge is 0.330 e. The zero-order chi connectivity index (χ0) is 27.0. The SMILES string of the molecule is COC(=O)Cc1ccc2c(c1)/C(=C\CCN(C)C)c1cc(/C=C/C(=O)OCC[Si](C)(C)C)ccc1CO2. The number of benzene rings is 2. The molecule has 1 aliphatic rings. The van der Waals surface area contributed by atoms with E-state index in [-0.39, 0.29) is 18.4 Å². The average Bonchev–Trinajstić information content (AvgIpc) is 2.98. The lowest BCUT2D eigenvalue weighted by Crippen LogP contribution is -2.22. The second-order valence-electron chi connectivity index (χ2n) is 10.8. The summed E-state index contributed by atoms with van der Waals surface area (Å²) in [5.74, 6) is 0.178. The Morgan fingerprint density at radius 1 is 1.08 bits per heavy atom. The second-order valence-corrected chi connectivity index (χ2v) is 16.4. The van der Waals surface area contributed by atoms with E-state index in [0.29, 0.717) is 13.2 Å². The fourth-order valence-electron chi connectivity index (χ4n) is 3.99. The van der Waals surface area contributed by atoms with Gasteiger partial charge in [0.15, 0.2) is 0 Å².